The second kappa shape index (κ2) is 11.4. The molecule has 186 valence electrons. The van der Waals surface area contributed by atoms with Crippen molar-refractivity contribution in [1.82, 2.24) is 4.90 Å². The number of rotatable bonds is 9. The lowest BCUT2D eigenvalue weighted by atomic mass is 10.1. The van der Waals surface area contributed by atoms with Crippen molar-refractivity contribution in [3.05, 3.63) is 83.4 Å². The predicted molar refractivity (Wildman–Crippen MR) is 145 cm³/mol. The summed E-state index contributed by atoms with van der Waals surface area (Å²) in [6.07, 6.45) is -0.0631. The average molecular weight is 524 g/mol. The minimum Gasteiger partial charge on any atom is -0.497 e. The first-order valence-corrected chi connectivity index (χ1v) is 12.2. The van der Waals surface area contributed by atoms with Crippen LogP contribution in [0.1, 0.15) is 18.9 Å². The van der Waals surface area contributed by atoms with Crippen LogP contribution in [0.5, 0.6) is 11.5 Å². The molecule has 36 heavy (non-hydrogen) atoms. The molecule has 9 heteroatoms. The first-order chi connectivity index (χ1) is 17.4. The van der Waals surface area contributed by atoms with E-state index in [-0.39, 0.29) is 18.2 Å². The Bertz CT molecular complexity index is 1230. The van der Waals surface area contributed by atoms with Crippen LogP contribution in [0.2, 0.25) is 5.02 Å². The van der Waals surface area contributed by atoms with Gasteiger partial charge < -0.3 is 19.7 Å². The van der Waals surface area contributed by atoms with E-state index in [9.17, 15) is 9.59 Å². The Hall–Kier alpha value is -3.62. The summed E-state index contributed by atoms with van der Waals surface area (Å²) in [6.45, 7) is 2.83. The van der Waals surface area contributed by atoms with E-state index < -0.39 is 6.04 Å². The standard InChI is InChI=1S/C27H26ClN3O4S/c1-3-35-23-14-8-20(9-15-23)29-25(32)16-24-26(33)31(21-10-6-19(28)7-11-21)27(36)30(24)17-18-4-12-22(34-2)13-5-18/h4-15,24H,3,16-17H2,1-2H3,(H,29,32). The van der Waals surface area contributed by atoms with Gasteiger partial charge in [-0.3, -0.25) is 14.5 Å². The van der Waals surface area contributed by atoms with Gasteiger partial charge in [0.1, 0.15) is 17.5 Å². The lowest BCUT2D eigenvalue weighted by Crippen LogP contribution is -2.37. The van der Waals surface area contributed by atoms with Crippen molar-refractivity contribution in [2.24, 2.45) is 0 Å². The highest BCUT2D eigenvalue weighted by molar-refractivity contribution is 7.80. The Labute approximate surface area is 220 Å². The largest absolute Gasteiger partial charge is 0.497 e. The van der Waals surface area contributed by atoms with Crippen LogP contribution in [-0.4, -0.2) is 41.6 Å². The molecule has 0 saturated carbocycles. The van der Waals surface area contributed by atoms with Gasteiger partial charge in [0.25, 0.3) is 5.91 Å². The average Bonchev–Trinajstić information content (AvgIpc) is 3.10. The first kappa shape index (κ1) is 25.5. The second-order valence-electron chi connectivity index (χ2n) is 8.13. The molecule has 0 spiro atoms. The molecule has 0 aliphatic carbocycles. The highest BCUT2D eigenvalue weighted by Gasteiger charge is 2.44. The Balaban J connectivity index is 1.56. The van der Waals surface area contributed by atoms with Gasteiger partial charge >= 0.3 is 0 Å². The smallest absolute Gasteiger partial charge is 0.256 e. The van der Waals surface area contributed by atoms with Gasteiger partial charge in [-0.2, -0.15) is 0 Å². The number of benzene rings is 3. The van der Waals surface area contributed by atoms with Crippen molar-refractivity contribution < 1.29 is 19.1 Å². The van der Waals surface area contributed by atoms with Crippen molar-refractivity contribution in [3.63, 3.8) is 0 Å². The van der Waals surface area contributed by atoms with Crippen LogP contribution in [0.3, 0.4) is 0 Å². The number of thiocarbonyl (C=S) groups is 1. The third kappa shape index (κ3) is 5.78. The van der Waals surface area contributed by atoms with Crippen LogP contribution in [0.4, 0.5) is 11.4 Å². The molecule has 1 unspecified atom stereocenters. The fourth-order valence-corrected chi connectivity index (χ4v) is 4.47. The molecule has 0 radical (unpaired) electrons. The summed E-state index contributed by atoms with van der Waals surface area (Å²) < 4.78 is 10.7. The molecular weight excluding hydrogens is 498 g/mol. The van der Waals surface area contributed by atoms with E-state index in [0.29, 0.717) is 34.7 Å². The maximum atomic E-state index is 13.6. The zero-order valence-corrected chi connectivity index (χ0v) is 21.5. The van der Waals surface area contributed by atoms with E-state index in [4.69, 9.17) is 33.3 Å². The van der Waals surface area contributed by atoms with Crippen molar-refractivity contribution >= 4 is 52.1 Å². The molecule has 1 aliphatic heterocycles. The van der Waals surface area contributed by atoms with E-state index in [1.54, 1.807) is 60.5 Å². The number of carbonyl (C=O) groups excluding carboxylic acids is 2. The number of amides is 2. The van der Waals surface area contributed by atoms with Gasteiger partial charge in [-0.15, -0.1) is 0 Å². The Morgan fingerprint density at radius 2 is 1.64 bits per heavy atom. The summed E-state index contributed by atoms with van der Waals surface area (Å²) in [5.74, 6) is 0.889. The molecule has 1 aliphatic rings. The molecule has 0 bridgehead atoms. The summed E-state index contributed by atoms with van der Waals surface area (Å²) in [6, 6.07) is 20.7. The molecule has 3 aromatic rings. The lowest BCUT2D eigenvalue weighted by molar-refractivity contribution is -0.124. The minimum absolute atomic E-state index is 0.0631. The summed E-state index contributed by atoms with van der Waals surface area (Å²) in [5.41, 5.74) is 2.15. The van der Waals surface area contributed by atoms with Crippen LogP contribution in [-0.2, 0) is 16.1 Å². The Kier molecular flexibility index (Phi) is 8.07. The summed E-state index contributed by atoms with van der Waals surface area (Å²) in [7, 11) is 1.60. The molecule has 2 amide bonds. The van der Waals surface area contributed by atoms with Gasteiger partial charge in [0.2, 0.25) is 5.91 Å². The Morgan fingerprint density at radius 3 is 2.25 bits per heavy atom. The topological polar surface area (TPSA) is 71.1 Å². The van der Waals surface area contributed by atoms with E-state index in [1.807, 2.05) is 31.2 Å². The predicted octanol–water partition coefficient (Wildman–Crippen LogP) is 5.28. The van der Waals surface area contributed by atoms with E-state index in [1.165, 1.54) is 4.90 Å². The number of hydrogen-bond acceptors (Lipinski definition) is 5. The molecule has 1 heterocycles. The lowest BCUT2D eigenvalue weighted by Gasteiger charge is -2.24. The zero-order chi connectivity index (χ0) is 25.7. The minimum atomic E-state index is -0.766. The number of carbonyl (C=O) groups is 2. The molecule has 7 nitrogen and oxygen atoms in total. The van der Waals surface area contributed by atoms with Crippen LogP contribution >= 0.6 is 23.8 Å². The van der Waals surface area contributed by atoms with Gasteiger partial charge in [-0.25, -0.2) is 0 Å². The highest BCUT2D eigenvalue weighted by atomic mass is 35.5. The Morgan fingerprint density at radius 1 is 1.00 bits per heavy atom. The third-order valence-corrected chi connectivity index (χ3v) is 6.41. The fourth-order valence-electron chi connectivity index (χ4n) is 3.96. The van der Waals surface area contributed by atoms with E-state index >= 15 is 0 Å². The maximum absolute atomic E-state index is 13.6. The van der Waals surface area contributed by atoms with Gasteiger partial charge in [0.15, 0.2) is 5.11 Å². The number of nitrogens with one attached hydrogen (secondary N) is 1. The monoisotopic (exact) mass is 523 g/mol. The quantitative estimate of drug-likeness (QED) is 0.385. The van der Waals surface area contributed by atoms with Crippen molar-refractivity contribution in [2.45, 2.75) is 25.9 Å². The number of ether oxygens (including phenoxy) is 2. The first-order valence-electron chi connectivity index (χ1n) is 11.5. The summed E-state index contributed by atoms with van der Waals surface area (Å²) in [5, 5.41) is 3.75. The molecule has 1 fully saturated rings. The number of nitrogens with zero attached hydrogens (tertiary/aromatic N) is 2. The molecule has 1 N–H and O–H groups in total. The fraction of sp³-hybridized carbons (Fsp3) is 0.222. The van der Waals surface area contributed by atoms with Crippen LogP contribution in [0.25, 0.3) is 0 Å². The highest BCUT2D eigenvalue weighted by Crippen LogP contribution is 2.30. The SMILES string of the molecule is CCOc1ccc(NC(=O)CC2C(=O)N(c3ccc(Cl)cc3)C(=S)N2Cc2ccc(OC)cc2)cc1. The van der Waals surface area contributed by atoms with Crippen LogP contribution in [0, 0.1) is 0 Å². The number of halogens is 1. The molecule has 0 aromatic heterocycles. The van der Waals surface area contributed by atoms with Gasteiger partial charge in [0, 0.05) is 17.3 Å². The summed E-state index contributed by atoms with van der Waals surface area (Å²) >= 11 is 11.8. The van der Waals surface area contributed by atoms with Gasteiger partial charge in [-0.05, 0) is 85.4 Å². The van der Waals surface area contributed by atoms with Crippen molar-refractivity contribution in [3.8, 4) is 11.5 Å². The summed E-state index contributed by atoms with van der Waals surface area (Å²) in [4.78, 5) is 29.8. The number of anilines is 2. The molecular formula is C27H26ClN3O4S. The van der Waals surface area contributed by atoms with Crippen molar-refractivity contribution in [1.29, 1.82) is 0 Å². The van der Waals surface area contributed by atoms with E-state index in [0.717, 1.165) is 17.1 Å². The number of methoxy groups -OCH3 is 1. The third-order valence-electron chi connectivity index (χ3n) is 5.74. The van der Waals surface area contributed by atoms with E-state index in [2.05, 4.69) is 5.32 Å². The van der Waals surface area contributed by atoms with Crippen LogP contribution < -0.4 is 19.7 Å². The van der Waals surface area contributed by atoms with Crippen molar-refractivity contribution in [2.75, 3.05) is 23.9 Å². The molecule has 1 saturated heterocycles. The maximum Gasteiger partial charge on any atom is 0.256 e. The second-order valence-corrected chi connectivity index (χ2v) is 8.94. The van der Waals surface area contributed by atoms with Crippen LogP contribution in [0.15, 0.2) is 72.8 Å². The molecule has 4 rings (SSSR count). The number of hydrogen-bond donors (Lipinski definition) is 1. The van der Waals surface area contributed by atoms with Gasteiger partial charge in [0.05, 0.1) is 25.8 Å². The van der Waals surface area contributed by atoms with Gasteiger partial charge in [-0.1, -0.05) is 23.7 Å². The molecule has 3 aromatic carbocycles. The molecule has 1 atom stereocenters. The zero-order valence-electron chi connectivity index (χ0n) is 19.9. The normalized spacial score (nSPS) is 15.2.